The highest BCUT2D eigenvalue weighted by Crippen LogP contribution is 2.22. The number of hydrogen-bond acceptors (Lipinski definition) is 3. The van der Waals surface area contributed by atoms with Gasteiger partial charge < -0.3 is 15.7 Å². The van der Waals surface area contributed by atoms with E-state index in [1.807, 2.05) is 13.2 Å². The molecule has 0 saturated carbocycles. The normalized spacial score (nSPS) is 13.3. The van der Waals surface area contributed by atoms with Crippen molar-refractivity contribution in [3.8, 4) is 0 Å². The molecule has 3 N–H and O–H groups in total. The third kappa shape index (κ3) is 5.85. The molecule has 0 aliphatic heterocycles. The van der Waals surface area contributed by atoms with Crippen LogP contribution in [-0.4, -0.2) is 35.2 Å². The molecule has 0 fully saturated rings. The molecule has 0 bridgehead atoms. The molecule has 0 aromatic heterocycles. The lowest BCUT2D eigenvalue weighted by Gasteiger charge is -2.19. The van der Waals surface area contributed by atoms with Gasteiger partial charge >= 0.3 is 12.0 Å². The Labute approximate surface area is 133 Å². The zero-order chi connectivity index (χ0) is 15.8. The van der Waals surface area contributed by atoms with Crippen LogP contribution in [0.4, 0.5) is 4.79 Å². The molecule has 1 aromatic rings. The third-order valence-corrected chi connectivity index (χ3v) is 3.86. The van der Waals surface area contributed by atoms with Crippen molar-refractivity contribution in [3.63, 3.8) is 0 Å². The van der Waals surface area contributed by atoms with Crippen molar-refractivity contribution >= 4 is 35.4 Å². The summed E-state index contributed by atoms with van der Waals surface area (Å²) in [7, 11) is 0. The van der Waals surface area contributed by atoms with E-state index in [1.165, 1.54) is 0 Å². The summed E-state index contributed by atoms with van der Waals surface area (Å²) in [5.41, 5.74) is 0.360. The van der Waals surface area contributed by atoms with Crippen LogP contribution in [0.3, 0.4) is 0 Å². The van der Waals surface area contributed by atoms with Crippen molar-refractivity contribution in [2.45, 2.75) is 25.4 Å². The molecule has 2 atom stereocenters. The summed E-state index contributed by atoms with van der Waals surface area (Å²) < 4.78 is 0. The van der Waals surface area contributed by atoms with Gasteiger partial charge in [0, 0.05) is 16.6 Å². The molecule has 0 spiro atoms. The lowest BCUT2D eigenvalue weighted by Crippen LogP contribution is -2.44. The maximum absolute atomic E-state index is 11.9. The Hall–Kier alpha value is -1.40. The van der Waals surface area contributed by atoms with Crippen LogP contribution in [0.5, 0.6) is 0 Å². The Kier molecular flexibility index (Phi) is 7.39. The van der Waals surface area contributed by atoms with Crippen molar-refractivity contribution in [3.05, 3.63) is 34.9 Å². The van der Waals surface area contributed by atoms with Gasteiger partial charge in [-0.2, -0.15) is 11.8 Å². The molecule has 2 amide bonds. The Morgan fingerprint density at radius 1 is 1.33 bits per heavy atom. The molecule has 0 radical (unpaired) electrons. The number of nitrogens with one attached hydrogen (secondary N) is 2. The second-order valence-electron chi connectivity index (χ2n) is 4.59. The molecule has 0 aliphatic carbocycles. The Morgan fingerprint density at radius 3 is 2.57 bits per heavy atom. The second-order valence-corrected chi connectivity index (χ2v) is 5.99. The van der Waals surface area contributed by atoms with E-state index in [1.54, 1.807) is 36.0 Å². The van der Waals surface area contributed by atoms with Gasteiger partial charge in [0.1, 0.15) is 0 Å². The van der Waals surface area contributed by atoms with Crippen molar-refractivity contribution in [1.82, 2.24) is 10.6 Å². The van der Waals surface area contributed by atoms with Gasteiger partial charge in [0.05, 0.1) is 0 Å². The minimum absolute atomic E-state index is 0.0295. The Morgan fingerprint density at radius 2 is 2.00 bits per heavy atom. The number of halogens is 1. The first-order valence-corrected chi connectivity index (χ1v) is 8.26. The molecule has 1 unspecified atom stereocenters. The summed E-state index contributed by atoms with van der Waals surface area (Å²) in [6.45, 7) is 1.88. The van der Waals surface area contributed by atoms with E-state index in [9.17, 15) is 14.7 Å². The topological polar surface area (TPSA) is 78.4 Å². The first-order valence-electron chi connectivity index (χ1n) is 6.49. The predicted octanol–water partition coefficient (Wildman–Crippen LogP) is 2.91. The molecular formula is C14H19ClN2O3S. The lowest BCUT2D eigenvalue weighted by atomic mass is 10.1. The molecule has 1 rings (SSSR count). The molecule has 0 heterocycles. The van der Waals surface area contributed by atoms with Crippen LogP contribution in [0.15, 0.2) is 24.3 Å². The average molecular weight is 331 g/mol. The molecule has 5 nitrogen and oxygen atoms in total. The number of carboxylic acid groups (broad SMARTS) is 1. The van der Waals surface area contributed by atoms with E-state index in [-0.39, 0.29) is 6.04 Å². The van der Waals surface area contributed by atoms with Gasteiger partial charge in [-0.05, 0) is 31.4 Å². The number of hydrogen-bond donors (Lipinski definition) is 3. The van der Waals surface area contributed by atoms with Gasteiger partial charge in [0.25, 0.3) is 0 Å². The molecule has 116 valence electrons. The zero-order valence-corrected chi connectivity index (χ0v) is 13.5. The number of amides is 2. The quantitative estimate of drug-likeness (QED) is 0.718. The standard InChI is InChI=1S/C14H19ClN2O3S/c1-9(7-8-21-2)16-14(20)17-12(13(18)19)10-5-3-4-6-11(10)15/h3-6,9,12H,7-8H2,1-2H3,(H,18,19)(H2,16,17,20)/t9?,12-/m1/s1. The average Bonchev–Trinajstić information content (AvgIpc) is 2.43. The van der Waals surface area contributed by atoms with Gasteiger partial charge in [0.2, 0.25) is 0 Å². The van der Waals surface area contributed by atoms with E-state index < -0.39 is 18.0 Å². The molecule has 21 heavy (non-hydrogen) atoms. The highest BCUT2D eigenvalue weighted by atomic mass is 35.5. The largest absolute Gasteiger partial charge is 0.479 e. The van der Waals surface area contributed by atoms with Crippen LogP contribution >= 0.6 is 23.4 Å². The molecule has 0 saturated heterocycles. The van der Waals surface area contributed by atoms with Crippen molar-refractivity contribution < 1.29 is 14.7 Å². The van der Waals surface area contributed by atoms with E-state index in [0.717, 1.165) is 12.2 Å². The Balaban J connectivity index is 2.70. The minimum atomic E-state index is -1.17. The monoisotopic (exact) mass is 330 g/mol. The summed E-state index contributed by atoms with van der Waals surface area (Å²) in [5.74, 6) is -0.232. The maximum atomic E-state index is 11.9. The first-order chi connectivity index (χ1) is 9.95. The van der Waals surface area contributed by atoms with Crippen LogP contribution < -0.4 is 10.6 Å². The first kappa shape index (κ1) is 17.7. The number of urea groups is 1. The number of carbonyl (C=O) groups excluding carboxylic acids is 1. The Bertz CT molecular complexity index is 499. The molecule has 0 aliphatic rings. The van der Waals surface area contributed by atoms with E-state index in [4.69, 9.17) is 11.6 Å². The van der Waals surface area contributed by atoms with Gasteiger partial charge in [-0.1, -0.05) is 29.8 Å². The lowest BCUT2D eigenvalue weighted by molar-refractivity contribution is -0.139. The number of aliphatic carboxylic acids is 1. The minimum Gasteiger partial charge on any atom is -0.479 e. The smallest absolute Gasteiger partial charge is 0.331 e. The zero-order valence-electron chi connectivity index (χ0n) is 11.9. The summed E-state index contributed by atoms with van der Waals surface area (Å²) in [5, 5.41) is 14.7. The molecular weight excluding hydrogens is 312 g/mol. The van der Waals surface area contributed by atoms with Gasteiger partial charge in [-0.3, -0.25) is 0 Å². The van der Waals surface area contributed by atoms with E-state index in [0.29, 0.717) is 10.6 Å². The van der Waals surface area contributed by atoms with Crippen LogP contribution in [0.2, 0.25) is 5.02 Å². The fourth-order valence-corrected chi connectivity index (χ4v) is 2.58. The fourth-order valence-electron chi connectivity index (χ4n) is 1.75. The fraction of sp³-hybridized carbons (Fsp3) is 0.429. The molecule has 7 heteroatoms. The van der Waals surface area contributed by atoms with Crippen molar-refractivity contribution in [2.24, 2.45) is 0 Å². The predicted molar refractivity (Wildman–Crippen MR) is 86.0 cm³/mol. The van der Waals surface area contributed by atoms with Crippen molar-refractivity contribution in [2.75, 3.05) is 12.0 Å². The number of carboxylic acids is 1. The van der Waals surface area contributed by atoms with Crippen LogP contribution in [0, 0.1) is 0 Å². The maximum Gasteiger partial charge on any atom is 0.331 e. The molecule has 1 aromatic carbocycles. The van der Waals surface area contributed by atoms with Gasteiger partial charge in [-0.25, -0.2) is 9.59 Å². The number of carbonyl (C=O) groups is 2. The van der Waals surface area contributed by atoms with E-state index in [2.05, 4.69) is 10.6 Å². The summed E-state index contributed by atoms with van der Waals surface area (Å²) in [6.07, 6.45) is 2.81. The highest BCUT2D eigenvalue weighted by molar-refractivity contribution is 7.98. The highest BCUT2D eigenvalue weighted by Gasteiger charge is 2.24. The summed E-state index contributed by atoms with van der Waals surface area (Å²) >= 11 is 7.67. The van der Waals surface area contributed by atoms with Crippen LogP contribution in [0.25, 0.3) is 0 Å². The van der Waals surface area contributed by atoms with Gasteiger partial charge in [-0.15, -0.1) is 0 Å². The van der Waals surface area contributed by atoms with Gasteiger partial charge in [0.15, 0.2) is 6.04 Å². The number of rotatable bonds is 7. The summed E-state index contributed by atoms with van der Waals surface area (Å²) in [4.78, 5) is 23.2. The summed E-state index contributed by atoms with van der Waals surface area (Å²) in [6, 6.07) is 4.83. The van der Waals surface area contributed by atoms with E-state index >= 15 is 0 Å². The van der Waals surface area contributed by atoms with Crippen LogP contribution in [-0.2, 0) is 4.79 Å². The number of thioether (sulfide) groups is 1. The van der Waals surface area contributed by atoms with Crippen molar-refractivity contribution in [1.29, 1.82) is 0 Å². The van der Waals surface area contributed by atoms with Crippen LogP contribution in [0.1, 0.15) is 24.9 Å². The SMILES string of the molecule is CSCCC(C)NC(=O)N[C@@H](C(=O)O)c1ccccc1Cl. The third-order valence-electron chi connectivity index (χ3n) is 2.87. The second kappa shape index (κ2) is 8.79. The number of benzene rings is 1.